The van der Waals surface area contributed by atoms with Gasteiger partial charge in [0.25, 0.3) is 0 Å². The average molecular weight is 319 g/mol. The minimum absolute atomic E-state index is 0.215. The van der Waals surface area contributed by atoms with E-state index in [1.807, 2.05) is 0 Å². The highest BCUT2D eigenvalue weighted by Crippen LogP contribution is 2.69. The molecule has 0 aromatic rings. The Hall–Kier alpha value is -0.0800. The highest BCUT2D eigenvalue weighted by atomic mass is 16.7. The fraction of sp³-hybridized carbons (Fsp3) is 1.00. The monoisotopic (exact) mass is 318 g/mol. The molecule has 1 heterocycles. The van der Waals surface area contributed by atoms with Gasteiger partial charge in [-0.05, 0) is 74.0 Å². The number of hydrogen-bond donors (Lipinski definition) is 0. The molecule has 23 heavy (non-hydrogen) atoms. The zero-order valence-electron chi connectivity index (χ0n) is 15.1. The van der Waals surface area contributed by atoms with Gasteiger partial charge in [0.15, 0.2) is 5.79 Å². The molecule has 5 aliphatic rings. The number of hydrogen-bond acceptors (Lipinski definition) is 2. The lowest BCUT2D eigenvalue weighted by Gasteiger charge is -2.61. The summed E-state index contributed by atoms with van der Waals surface area (Å²) in [7, 11) is 0. The normalized spacial score (nSPS) is 54.5. The van der Waals surface area contributed by atoms with Gasteiger partial charge in [-0.2, -0.15) is 0 Å². The predicted octanol–water partition coefficient (Wildman–Crippen LogP) is 5.16. The second-order valence-electron chi connectivity index (χ2n) is 9.85. The molecule has 130 valence electrons. The largest absolute Gasteiger partial charge is 0.347 e. The van der Waals surface area contributed by atoms with E-state index in [4.69, 9.17) is 9.47 Å². The molecule has 5 rings (SSSR count). The molecular weight excluding hydrogens is 284 g/mol. The summed E-state index contributed by atoms with van der Waals surface area (Å²) in [6.07, 6.45) is 14.2. The second-order valence-corrected chi connectivity index (χ2v) is 9.85. The quantitative estimate of drug-likeness (QED) is 0.614. The molecule has 0 N–H and O–H groups in total. The van der Waals surface area contributed by atoms with Crippen LogP contribution in [0.2, 0.25) is 0 Å². The van der Waals surface area contributed by atoms with Gasteiger partial charge in [-0.15, -0.1) is 0 Å². The maximum absolute atomic E-state index is 6.26. The highest BCUT2D eigenvalue weighted by Gasteiger charge is 2.66. The number of ether oxygens (including phenoxy) is 2. The number of rotatable bonds is 0. The van der Waals surface area contributed by atoms with Gasteiger partial charge in [0.2, 0.25) is 0 Å². The smallest absolute Gasteiger partial charge is 0.174 e. The highest BCUT2D eigenvalue weighted by molar-refractivity contribution is 5.12. The van der Waals surface area contributed by atoms with Gasteiger partial charge in [-0.3, -0.25) is 0 Å². The maximum Gasteiger partial charge on any atom is 0.174 e. The molecule has 2 heteroatoms. The van der Waals surface area contributed by atoms with Gasteiger partial charge in [-0.1, -0.05) is 26.7 Å². The third-order valence-corrected chi connectivity index (χ3v) is 9.38. The van der Waals surface area contributed by atoms with E-state index in [-0.39, 0.29) is 11.2 Å². The van der Waals surface area contributed by atoms with Crippen molar-refractivity contribution in [3.63, 3.8) is 0 Å². The second kappa shape index (κ2) is 4.97. The van der Waals surface area contributed by atoms with Crippen LogP contribution in [0, 0.1) is 34.5 Å². The standard InChI is InChI=1S/C21H34O2/c1-19-10-4-3-5-15(19)6-7-16-17(19)8-11-20(2)18(16)9-12-21(20)22-13-14-23-21/h15-18H,3-14H2,1-2H3/t15-,16+,17-,18-,19+,20+/m1/s1. The Balaban J connectivity index is 1.47. The maximum atomic E-state index is 6.26. The first kappa shape index (κ1) is 15.2. The van der Waals surface area contributed by atoms with E-state index in [2.05, 4.69) is 13.8 Å². The summed E-state index contributed by atoms with van der Waals surface area (Å²) < 4.78 is 12.5. The van der Waals surface area contributed by atoms with Crippen molar-refractivity contribution in [2.75, 3.05) is 13.2 Å². The van der Waals surface area contributed by atoms with Crippen LogP contribution in [-0.4, -0.2) is 19.0 Å². The van der Waals surface area contributed by atoms with Crippen LogP contribution in [0.25, 0.3) is 0 Å². The lowest BCUT2D eigenvalue weighted by molar-refractivity contribution is -0.247. The first-order valence-corrected chi connectivity index (χ1v) is 10.4. The summed E-state index contributed by atoms with van der Waals surface area (Å²) in [6, 6.07) is 0. The van der Waals surface area contributed by atoms with E-state index >= 15 is 0 Å². The topological polar surface area (TPSA) is 18.5 Å². The van der Waals surface area contributed by atoms with Gasteiger partial charge in [-0.25, -0.2) is 0 Å². The molecule has 0 radical (unpaired) electrons. The van der Waals surface area contributed by atoms with Crippen LogP contribution in [-0.2, 0) is 9.47 Å². The Labute approximate surface area is 141 Å². The fourth-order valence-corrected chi connectivity index (χ4v) is 8.18. The molecule has 1 aliphatic heterocycles. The van der Waals surface area contributed by atoms with Crippen LogP contribution in [0.4, 0.5) is 0 Å². The molecule has 0 bridgehead atoms. The van der Waals surface area contributed by atoms with Crippen molar-refractivity contribution in [2.24, 2.45) is 34.5 Å². The lowest BCUT2D eigenvalue weighted by atomic mass is 9.45. The van der Waals surface area contributed by atoms with E-state index < -0.39 is 0 Å². The molecule has 4 saturated carbocycles. The van der Waals surface area contributed by atoms with Crippen LogP contribution in [0.3, 0.4) is 0 Å². The van der Waals surface area contributed by atoms with Crippen molar-refractivity contribution in [2.45, 2.75) is 83.8 Å². The molecule has 1 saturated heterocycles. The summed E-state index contributed by atoms with van der Waals surface area (Å²) in [6.45, 7) is 6.82. The number of fused-ring (bicyclic) bond motifs is 6. The first-order valence-electron chi connectivity index (χ1n) is 10.4. The molecular formula is C21H34O2. The van der Waals surface area contributed by atoms with Crippen molar-refractivity contribution in [3.05, 3.63) is 0 Å². The summed E-state index contributed by atoms with van der Waals surface area (Å²) in [4.78, 5) is 0. The van der Waals surface area contributed by atoms with Gasteiger partial charge in [0.05, 0.1) is 13.2 Å². The summed E-state index contributed by atoms with van der Waals surface area (Å²) in [5.41, 5.74) is 0.929. The molecule has 1 spiro atoms. The van der Waals surface area contributed by atoms with E-state index in [1.165, 1.54) is 57.8 Å². The van der Waals surface area contributed by atoms with Crippen LogP contribution >= 0.6 is 0 Å². The predicted molar refractivity (Wildman–Crippen MR) is 91.0 cm³/mol. The van der Waals surface area contributed by atoms with Crippen molar-refractivity contribution >= 4 is 0 Å². The summed E-state index contributed by atoms with van der Waals surface area (Å²) in [5, 5.41) is 0. The molecule has 0 amide bonds. The van der Waals surface area contributed by atoms with Crippen LogP contribution in [0.15, 0.2) is 0 Å². The van der Waals surface area contributed by atoms with E-state index in [0.29, 0.717) is 5.41 Å². The SMILES string of the molecule is C[C@]12CCCC[C@@H]1CC[C@H]1[C@H]2CC[C@@]2(C)[C@@H]1CCC21OCCO1. The summed E-state index contributed by atoms with van der Waals surface area (Å²) in [5.74, 6) is 3.58. The Morgan fingerprint density at radius 3 is 2.35 bits per heavy atom. The zero-order chi connectivity index (χ0) is 15.7. The van der Waals surface area contributed by atoms with Crippen molar-refractivity contribution in [1.29, 1.82) is 0 Å². The Kier molecular flexibility index (Phi) is 3.29. The van der Waals surface area contributed by atoms with E-state index in [0.717, 1.165) is 43.3 Å². The average Bonchev–Trinajstić information content (AvgIpc) is 3.14. The molecule has 0 aromatic carbocycles. The van der Waals surface area contributed by atoms with E-state index in [1.54, 1.807) is 0 Å². The molecule has 0 unspecified atom stereocenters. The Morgan fingerprint density at radius 2 is 1.52 bits per heavy atom. The van der Waals surface area contributed by atoms with Crippen molar-refractivity contribution in [1.82, 2.24) is 0 Å². The van der Waals surface area contributed by atoms with Gasteiger partial charge in [0, 0.05) is 11.8 Å². The molecule has 0 aromatic heterocycles. The molecule has 2 nitrogen and oxygen atoms in total. The van der Waals surface area contributed by atoms with Crippen molar-refractivity contribution < 1.29 is 9.47 Å². The van der Waals surface area contributed by atoms with Gasteiger partial charge in [0.1, 0.15) is 0 Å². The minimum Gasteiger partial charge on any atom is -0.347 e. The van der Waals surface area contributed by atoms with Gasteiger partial charge < -0.3 is 9.47 Å². The first-order chi connectivity index (χ1) is 11.1. The van der Waals surface area contributed by atoms with Crippen LogP contribution in [0.1, 0.15) is 78.1 Å². The Bertz CT molecular complexity index is 482. The van der Waals surface area contributed by atoms with Crippen molar-refractivity contribution in [3.8, 4) is 0 Å². The van der Waals surface area contributed by atoms with E-state index in [9.17, 15) is 0 Å². The minimum atomic E-state index is -0.215. The molecule has 5 fully saturated rings. The Morgan fingerprint density at radius 1 is 0.739 bits per heavy atom. The van der Waals surface area contributed by atoms with Gasteiger partial charge >= 0.3 is 0 Å². The van der Waals surface area contributed by atoms with Crippen LogP contribution in [0.5, 0.6) is 0 Å². The lowest BCUT2D eigenvalue weighted by Crippen LogP contribution is -2.56. The third-order valence-electron chi connectivity index (χ3n) is 9.38. The third kappa shape index (κ3) is 1.83. The molecule has 6 atom stereocenters. The van der Waals surface area contributed by atoms with Crippen LogP contribution < -0.4 is 0 Å². The zero-order valence-corrected chi connectivity index (χ0v) is 15.1. The molecule has 4 aliphatic carbocycles. The fourth-order valence-electron chi connectivity index (χ4n) is 8.18. The summed E-state index contributed by atoms with van der Waals surface area (Å²) >= 11 is 0.